The van der Waals surface area contributed by atoms with E-state index in [1.807, 2.05) is 18.7 Å². The third kappa shape index (κ3) is 4.47. The SMILES string of the molecule is CCNc1ccc(C(=O)N(CC)CC(CC)CC)nn1. The van der Waals surface area contributed by atoms with E-state index in [1.54, 1.807) is 12.1 Å². The Morgan fingerprint density at radius 1 is 1.20 bits per heavy atom. The van der Waals surface area contributed by atoms with Gasteiger partial charge in [0.15, 0.2) is 5.69 Å². The van der Waals surface area contributed by atoms with Crippen LogP contribution >= 0.6 is 0 Å². The monoisotopic (exact) mass is 278 g/mol. The molecule has 0 bridgehead atoms. The van der Waals surface area contributed by atoms with Crippen LogP contribution in [0.25, 0.3) is 0 Å². The highest BCUT2D eigenvalue weighted by Gasteiger charge is 2.18. The molecule has 20 heavy (non-hydrogen) atoms. The van der Waals surface area contributed by atoms with Crippen LogP contribution in [-0.2, 0) is 0 Å². The van der Waals surface area contributed by atoms with Gasteiger partial charge in [-0.1, -0.05) is 26.7 Å². The van der Waals surface area contributed by atoms with E-state index in [-0.39, 0.29) is 5.91 Å². The minimum absolute atomic E-state index is 0.0325. The van der Waals surface area contributed by atoms with Gasteiger partial charge in [-0.25, -0.2) is 0 Å². The van der Waals surface area contributed by atoms with Gasteiger partial charge in [-0.15, -0.1) is 10.2 Å². The molecular weight excluding hydrogens is 252 g/mol. The molecule has 0 aromatic carbocycles. The van der Waals surface area contributed by atoms with Crippen molar-refractivity contribution in [3.05, 3.63) is 17.8 Å². The summed E-state index contributed by atoms with van der Waals surface area (Å²) in [6.45, 7) is 10.6. The van der Waals surface area contributed by atoms with Gasteiger partial charge in [0.25, 0.3) is 5.91 Å². The van der Waals surface area contributed by atoms with Crippen LogP contribution in [0.5, 0.6) is 0 Å². The van der Waals surface area contributed by atoms with Crippen molar-refractivity contribution in [2.24, 2.45) is 5.92 Å². The van der Waals surface area contributed by atoms with E-state index in [9.17, 15) is 4.79 Å². The Labute approximate surface area is 121 Å². The Morgan fingerprint density at radius 3 is 2.35 bits per heavy atom. The molecule has 0 spiro atoms. The van der Waals surface area contributed by atoms with Crippen molar-refractivity contribution in [3.63, 3.8) is 0 Å². The number of nitrogens with one attached hydrogen (secondary N) is 1. The van der Waals surface area contributed by atoms with Crippen molar-refractivity contribution in [2.75, 3.05) is 25.0 Å². The lowest BCUT2D eigenvalue weighted by Crippen LogP contribution is -2.35. The van der Waals surface area contributed by atoms with E-state index < -0.39 is 0 Å². The normalized spacial score (nSPS) is 10.7. The molecule has 1 aromatic rings. The molecular formula is C15H26N4O. The van der Waals surface area contributed by atoms with E-state index in [1.165, 1.54) is 0 Å². The summed E-state index contributed by atoms with van der Waals surface area (Å²) < 4.78 is 0. The Kier molecular flexibility index (Phi) is 6.98. The molecule has 0 saturated heterocycles. The topological polar surface area (TPSA) is 58.1 Å². The molecule has 0 aliphatic carbocycles. The molecule has 0 saturated carbocycles. The molecule has 0 fully saturated rings. The van der Waals surface area contributed by atoms with Crippen molar-refractivity contribution in [3.8, 4) is 0 Å². The Morgan fingerprint density at radius 2 is 1.90 bits per heavy atom. The number of carbonyl (C=O) groups excluding carboxylic acids is 1. The van der Waals surface area contributed by atoms with Crippen LogP contribution < -0.4 is 5.32 Å². The van der Waals surface area contributed by atoms with Crippen molar-refractivity contribution >= 4 is 11.7 Å². The average molecular weight is 278 g/mol. The fourth-order valence-corrected chi connectivity index (χ4v) is 2.10. The Hall–Kier alpha value is -1.65. The zero-order valence-corrected chi connectivity index (χ0v) is 13.0. The molecule has 0 atom stereocenters. The maximum Gasteiger partial charge on any atom is 0.274 e. The predicted octanol–water partition coefficient (Wildman–Crippen LogP) is 2.81. The van der Waals surface area contributed by atoms with Crippen LogP contribution in [0.3, 0.4) is 0 Å². The van der Waals surface area contributed by atoms with Gasteiger partial charge < -0.3 is 10.2 Å². The highest BCUT2D eigenvalue weighted by molar-refractivity contribution is 5.92. The smallest absolute Gasteiger partial charge is 0.274 e. The first-order valence-electron chi connectivity index (χ1n) is 7.52. The average Bonchev–Trinajstić information content (AvgIpc) is 2.49. The second-order valence-corrected chi connectivity index (χ2v) is 4.86. The molecule has 0 aliphatic rings. The standard InChI is InChI=1S/C15H26N4O/c1-5-12(6-2)11-19(8-4)15(20)13-9-10-14(16-7-3)18-17-13/h9-10,12H,5-8,11H2,1-4H3,(H,16,18). The minimum atomic E-state index is -0.0325. The third-order valence-corrected chi connectivity index (χ3v) is 3.54. The molecule has 1 amide bonds. The van der Waals surface area contributed by atoms with E-state index in [0.717, 1.165) is 25.9 Å². The summed E-state index contributed by atoms with van der Waals surface area (Å²) in [7, 11) is 0. The second kappa shape index (κ2) is 8.51. The van der Waals surface area contributed by atoms with Crippen LogP contribution in [0, 0.1) is 5.92 Å². The Bertz CT molecular complexity index is 401. The minimum Gasteiger partial charge on any atom is -0.369 e. The van der Waals surface area contributed by atoms with E-state index in [0.29, 0.717) is 24.0 Å². The van der Waals surface area contributed by atoms with Crippen molar-refractivity contribution in [1.82, 2.24) is 15.1 Å². The first-order chi connectivity index (χ1) is 9.65. The molecule has 0 aliphatic heterocycles. The Balaban J connectivity index is 2.74. The van der Waals surface area contributed by atoms with Gasteiger partial charge in [0.2, 0.25) is 0 Å². The van der Waals surface area contributed by atoms with E-state index in [2.05, 4.69) is 29.4 Å². The maximum atomic E-state index is 12.4. The van der Waals surface area contributed by atoms with Crippen LogP contribution in [0.2, 0.25) is 0 Å². The quantitative estimate of drug-likeness (QED) is 0.794. The third-order valence-electron chi connectivity index (χ3n) is 3.54. The summed E-state index contributed by atoms with van der Waals surface area (Å²) in [5.74, 6) is 1.22. The molecule has 0 radical (unpaired) electrons. The molecule has 1 rings (SSSR count). The lowest BCUT2D eigenvalue weighted by Gasteiger charge is -2.25. The van der Waals surface area contributed by atoms with E-state index >= 15 is 0 Å². The summed E-state index contributed by atoms with van der Waals surface area (Å²) in [5, 5.41) is 11.1. The number of hydrogen-bond donors (Lipinski definition) is 1. The number of carbonyl (C=O) groups is 1. The van der Waals surface area contributed by atoms with Gasteiger partial charge in [-0.3, -0.25) is 4.79 Å². The highest BCUT2D eigenvalue weighted by atomic mass is 16.2. The number of rotatable bonds is 8. The fourth-order valence-electron chi connectivity index (χ4n) is 2.10. The lowest BCUT2D eigenvalue weighted by molar-refractivity contribution is 0.0728. The number of hydrogen-bond acceptors (Lipinski definition) is 4. The summed E-state index contributed by atoms with van der Waals surface area (Å²) >= 11 is 0. The summed E-state index contributed by atoms with van der Waals surface area (Å²) in [5.41, 5.74) is 0.416. The van der Waals surface area contributed by atoms with Crippen molar-refractivity contribution < 1.29 is 4.79 Å². The van der Waals surface area contributed by atoms with Gasteiger partial charge in [0.05, 0.1) is 0 Å². The molecule has 5 heteroatoms. The van der Waals surface area contributed by atoms with Gasteiger partial charge in [-0.2, -0.15) is 0 Å². The number of aromatic nitrogens is 2. The molecule has 5 nitrogen and oxygen atoms in total. The fraction of sp³-hybridized carbons (Fsp3) is 0.667. The summed E-state index contributed by atoms with van der Waals surface area (Å²) in [4.78, 5) is 14.3. The number of amides is 1. The maximum absolute atomic E-state index is 12.4. The van der Waals surface area contributed by atoms with Crippen LogP contribution in [-0.4, -0.2) is 40.6 Å². The molecule has 1 N–H and O–H groups in total. The van der Waals surface area contributed by atoms with Gasteiger partial charge in [0, 0.05) is 19.6 Å². The molecule has 0 unspecified atom stereocenters. The first kappa shape index (κ1) is 16.4. The largest absolute Gasteiger partial charge is 0.369 e. The van der Waals surface area contributed by atoms with Gasteiger partial charge in [0.1, 0.15) is 5.82 Å². The van der Waals surface area contributed by atoms with Crippen molar-refractivity contribution in [1.29, 1.82) is 0 Å². The van der Waals surface area contributed by atoms with Gasteiger partial charge in [-0.05, 0) is 31.9 Å². The molecule has 1 heterocycles. The van der Waals surface area contributed by atoms with Crippen LogP contribution in [0.15, 0.2) is 12.1 Å². The summed E-state index contributed by atoms with van der Waals surface area (Å²) in [6.07, 6.45) is 2.18. The zero-order valence-electron chi connectivity index (χ0n) is 13.0. The summed E-state index contributed by atoms with van der Waals surface area (Å²) in [6, 6.07) is 3.54. The number of nitrogens with zero attached hydrogens (tertiary/aromatic N) is 3. The van der Waals surface area contributed by atoms with E-state index in [4.69, 9.17) is 0 Å². The predicted molar refractivity (Wildman–Crippen MR) is 81.8 cm³/mol. The molecule has 112 valence electrons. The van der Waals surface area contributed by atoms with Crippen LogP contribution in [0.4, 0.5) is 5.82 Å². The van der Waals surface area contributed by atoms with Gasteiger partial charge >= 0.3 is 0 Å². The van der Waals surface area contributed by atoms with Crippen LogP contribution in [0.1, 0.15) is 51.0 Å². The zero-order chi connectivity index (χ0) is 15.0. The second-order valence-electron chi connectivity index (χ2n) is 4.86. The first-order valence-corrected chi connectivity index (χ1v) is 7.52. The lowest BCUT2D eigenvalue weighted by atomic mass is 10.0. The van der Waals surface area contributed by atoms with Crippen molar-refractivity contribution in [2.45, 2.75) is 40.5 Å². The number of anilines is 1. The highest BCUT2D eigenvalue weighted by Crippen LogP contribution is 2.12. The molecule has 1 aromatic heterocycles.